The largest absolute Gasteiger partial charge is 0.497 e. The Morgan fingerprint density at radius 1 is 0.771 bits per heavy atom. The summed E-state index contributed by atoms with van der Waals surface area (Å²) >= 11 is 0. The number of benzene rings is 5. The maximum absolute atomic E-state index is 15.1. The third kappa shape index (κ3) is 4.46. The van der Waals surface area contributed by atoms with Gasteiger partial charge in [0.25, 0.3) is 0 Å². The normalized spacial score (nSPS) is 21.8. The van der Waals surface area contributed by atoms with Gasteiger partial charge in [0.15, 0.2) is 11.9 Å². The highest BCUT2D eigenvalue weighted by atomic mass is 16.5. The zero-order chi connectivity index (χ0) is 32.8. The van der Waals surface area contributed by atoms with E-state index in [4.69, 9.17) is 9.47 Å². The van der Waals surface area contributed by atoms with Gasteiger partial charge in [-0.1, -0.05) is 109 Å². The standard InChI is InChI=1S/C41H32N2O5/c1-47-30-23-20-27(21-24-30)37(44)35-36(39(45)48-38(28-13-4-2-5-14-28)29-15-6-3-7-16-29)43-33-19-11-8-12-26(33)22-25-34(43)41(35)31-17-9-10-18-32(31)42-40(41)46/h2-25,34-36,38H,1H3,(H,42,46)/t34?,35-,36+,41+/m0/s1. The molecule has 0 aromatic heterocycles. The minimum atomic E-state index is -1.43. The number of para-hydroxylation sites is 2. The molecule has 0 aliphatic carbocycles. The Kier molecular flexibility index (Phi) is 7.17. The number of ketones is 1. The van der Waals surface area contributed by atoms with E-state index < -0.39 is 35.5 Å². The van der Waals surface area contributed by atoms with Crippen molar-refractivity contribution >= 4 is 35.1 Å². The van der Waals surface area contributed by atoms with Crippen LogP contribution in [0.5, 0.6) is 5.75 Å². The number of amides is 1. The SMILES string of the molecule is COc1ccc(C(=O)[C@@H]2[C@H](C(=O)OC(c3ccccc3)c3ccccc3)N3c4ccccc4C=CC3[C@@]23C(=O)Nc2ccccc23)cc1. The van der Waals surface area contributed by atoms with Crippen molar-refractivity contribution in [3.8, 4) is 5.75 Å². The first-order chi connectivity index (χ1) is 23.5. The molecule has 1 saturated heterocycles. The topological polar surface area (TPSA) is 84.9 Å². The van der Waals surface area contributed by atoms with Gasteiger partial charge in [-0.05, 0) is 58.7 Å². The number of carbonyl (C=O) groups is 3. The number of ether oxygens (including phenoxy) is 2. The summed E-state index contributed by atoms with van der Waals surface area (Å²) in [6.45, 7) is 0. The van der Waals surface area contributed by atoms with Crippen molar-refractivity contribution in [2.75, 3.05) is 17.3 Å². The first kappa shape index (κ1) is 29.5. The van der Waals surface area contributed by atoms with Crippen LogP contribution in [0.15, 0.2) is 140 Å². The molecule has 7 heteroatoms. The second kappa shape index (κ2) is 11.7. The molecule has 48 heavy (non-hydrogen) atoms. The summed E-state index contributed by atoms with van der Waals surface area (Å²) in [7, 11) is 1.56. The number of esters is 1. The lowest BCUT2D eigenvalue weighted by Gasteiger charge is -2.37. The number of methoxy groups -OCH3 is 1. The van der Waals surface area contributed by atoms with Crippen molar-refractivity contribution in [2.45, 2.75) is 23.6 Å². The van der Waals surface area contributed by atoms with Gasteiger partial charge >= 0.3 is 5.97 Å². The highest BCUT2D eigenvalue weighted by molar-refractivity contribution is 6.16. The molecule has 4 atom stereocenters. The maximum atomic E-state index is 15.1. The van der Waals surface area contributed by atoms with E-state index in [9.17, 15) is 4.79 Å². The van der Waals surface area contributed by atoms with Crippen LogP contribution in [0.25, 0.3) is 6.08 Å². The third-order valence-electron chi connectivity index (χ3n) is 9.88. The average molecular weight is 633 g/mol. The van der Waals surface area contributed by atoms with Crippen molar-refractivity contribution in [3.05, 3.63) is 167 Å². The summed E-state index contributed by atoms with van der Waals surface area (Å²) in [6.07, 6.45) is 3.19. The Bertz CT molecular complexity index is 2020. The summed E-state index contributed by atoms with van der Waals surface area (Å²) < 4.78 is 11.9. The molecule has 0 bridgehead atoms. The van der Waals surface area contributed by atoms with Gasteiger partial charge in [0.1, 0.15) is 17.2 Å². The molecule has 3 aliphatic heterocycles. The monoisotopic (exact) mass is 632 g/mol. The lowest BCUT2D eigenvalue weighted by Crippen LogP contribution is -2.51. The van der Waals surface area contributed by atoms with Gasteiger partial charge in [0.05, 0.1) is 19.1 Å². The van der Waals surface area contributed by atoms with Crippen LogP contribution in [-0.4, -0.2) is 36.9 Å². The van der Waals surface area contributed by atoms with Gasteiger partial charge in [0, 0.05) is 16.9 Å². The first-order valence-electron chi connectivity index (χ1n) is 16.0. The number of rotatable bonds is 7. The van der Waals surface area contributed by atoms with Gasteiger partial charge in [-0.25, -0.2) is 4.79 Å². The summed E-state index contributed by atoms with van der Waals surface area (Å²) in [4.78, 5) is 46.7. The van der Waals surface area contributed by atoms with Crippen LogP contribution in [0.2, 0.25) is 0 Å². The van der Waals surface area contributed by atoms with E-state index >= 15 is 9.59 Å². The quantitative estimate of drug-likeness (QED) is 0.154. The van der Waals surface area contributed by atoms with Crippen LogP contribution in [-0.2, 0) is 19.7 Å². The van der Waals surface area contributed by atoms with Crippen molar-refractivity contribution in [1.29, 1.82) is 0 Å². The molecule has 8 rings (SSSR count). The van der Waals surface area contributed by atoms with E-state index in [1.54, 1.807) is 31.4 Å². The highest BCUT2D eigenvalue weighted by Crippen LogP contribution is 2.58. The molecule has 3 aliphatic rings. The molecule has 1 spiro atoms. The van der Waals surface area contributed by atoms with Crippen molar-refractivity contribution in [2.24, 2.45) is 5.92 Å². The smallest absolute Gasteiger partial charge is 0.330 e. The van der Waals surface area contributed by atoms with Gasteiger partial charge < -0.3 is 19.7 Å². The summed E-state index contributed by atoms with van der Waals surface area (Å²) in [6, 6.07) is 39.3. The van der Waals surface area contributed by atoms with Crippen molar-refractivity contribution in [1.82, 2.24) is 0 Å². The molecule has 0 saturated carbocycles. The second-order valence-electron chi connectivity index (χ2n) is 12.3. The highest BCUT2D eigenvalue weighted by Gasteiger charge is 2.71. The number of carbonyl (C=O) groups excluding carboxylic acids is 3. The fraction of sp³-hybridized carbons (Fsp3) is 0.146. The van der Waals surface area contributed by atoms with E-state index in [1.165, 1.54) is 0 Å². The molecule has 1 amide bonds. The number of Topliss-reactive ketones (excluding diaryl/α,β-unsaturated/α-hetero) is 1. The number of nitrogens with one attached hydrogen (secondary N) is 1. The van der Waals surface area contributed by atoms with Gasteiger partial charge in [-0.3, -0.25) is 9.59 Å². The molecule has 0 radical (unpaired) electrons. The molecular weight excluding hydrogens is 600 g/mol. The van der Waals surface area contributed by atoms with E-state index in [1.807, 2.05) is 126 Å². The zero-order valence-electron chi connectivity index (χ0n) is 26.2. The Hall–Kier alpha value is -5.95. The Morgan fingerprint density at radius 2 is 1.40 bits per heavy atom. The summed E-state index contributed by atoms with van der Waals surface area (Å²) in [5.74, 6) is -1.80. The third-order valence-corrected chi connectivity index (χ3v) is 9.88. The van der Waals surface area contributed by atoms with Crippen LogP contribution >= 0.6 is 0 Å². The Morgan fingerprint density at radius 3 is 2.08 bits per heavy atom. The number of hydrogen-bond acceptors (Lipinski definition) is 6. The maximum Gasteiger partial charge on any atom is 0.330 e. The Labute approximate surface area is 278 Å². The fourth-order valence-electron chi connectivity index (χ4n) is 7.80. The lowest BCUT2D eigenvalue weighted by atomic mass is 9.64. The molecule has 5 aromatic rings. The molecule has 3 heterocycles. The van der Waals surface area contributed by atoms with Crippen LogP contribution in [0.1, 0.15) is 38.7 Å². The molecule has 1 N–H and O–H groups in total. The van der Waals surface area contributed by atoms with Crippen LogP contribution in [0.3, 0.4) is 0 Å². The summed E-state index contributed by atoms with van der Waals surface area (Å²) in [5.41, 5.74) is 3.47. The lowest BCUT2D eigenvalue weighted by molar-refractivity contribution is -0.150. The van der Waals surface area contributed by atoms with E-state index in [2.05, 4.69) is 5.32 Å². The second-order valence-corrected chi connectivity index (χ2v) is 12.3. The van der Waals surface area contributed by atoms with Gasteiger partial charge in [-0.15, -0.1) is 0 Å². The molecule has 7 nitrogen and oxygen atoms in total. The number of anilines is 2. The van der Waals surface area contributed by atoms with E-state index in [0.29, 0.717) is 22.6 Å². The number of hydrogen-bond donors (Lipinski definition) is 1. The Balaban J connectivity index is 1.35. The predicted octanol–water partition coefficient (Wildman–Crippen LogP) is 7.00. The molecule has 1 unspecified atom stereocenters. The van der Waals surface area contributed by atoms with Gasteiger partial charge in [0.2, 0.25) is 5.91 Å². The van der Waals surface area contributed by atoms with Crippen molar-refractivity contribution < 1.29 is 23.9 Å². The number of nitrogens with zero attached hydrogens (tertiary/aromatic N) is 1. The van der Waals surface area contributed by atoms with Crippen molar-refractivity contribution in [3.63, 3.8) is 0 Å². The molecular formula is C41H32N2O5. The average Bonchev–Trinajstić information content (AvgIpc) is 3.63. The van der Waals surface area contributed by atoms with Crippen LogP contribution in [0, 0.1) is 5.92 Å². The fourth-order valence-corrected chi connectivity index (χ4v) is 7.80. The van der Waals surface area contributed by atoms with E-state index in [0.717, 1.165) is 22.4 Å². The predicted molar refractivity (Wildman–Crippen MR) is 184 cm³/mol. The van der Waals surface area contributed by atoms with Crippen LogP contribution < -0.4 is 15.0 Å². The number of fused-ring (bicyclic) bond motifs is 6. The van der Waals surface area contributed by atoms with E-state index in [-0.39, 0.29) is 11.7 Å². The zero-order valence-corrected chi connectivity index (χ0v) is 26.2. The summed E-state index contributed by atoms with van der Waals surface area (Å²) in [5, 5.41) is 3.07. The minimum absolute atomic E-state index is 0.326. The van der Waals surface area contributed by atoms with Gasteiger partial charge in [-0.2, -0.15) is 0 Å². The minimum Gasteiger partial charge on any atom is -0.497 e. The molecule has 236 valence electrons. The first-order valence-corrected chi connectivity index (χ1v) is 16.0. The van der Waals surface area contributed by atoms with Crippen LogP contribution in [0.4, 0.5) is 11.4 Å². The molecule has 1 fully saturated rings. The molecule has 5 aromatic carbocycles.